The van der Waals surface area contributed by atoms with Gasteiger partial charge >= 0.3 is 17.9 Å². The average molecular weight is 982 g/mol. The lowest BCUT2D eigenvalue weighted by molar-refractivity contribution is -0.167. The average Bonchev–Trinajstić information content (AvgIpc) is 3.36. The Morgan fingerprint density at radius 1 is 0.300 bits per heavy atom. The quantitative estimate of drug-likeness (QED) is 0.0261. The number of hydrogen-bond donors (Lipinski definition) is 0. The van der Waals surface area contributed by atoms with Crippen LogP contribution in [0.25, 0.3) is 0 Å². The first-order valence-corrected chi connectivity index (χ1v) is 30.6. The second-order valence-corrected chi connectivity index (χ2v) is 20.6. The van der Waals surface area contributed by atoms with Gasteiger partial charge in [-0.25, -0.2) is 0 Å². The maximum absolute atomic E-state index is 12.9. The summed E-state index contributed by atoms with van der Waals surface area (Å²) in [6, 6.07) is 0. The summed E-state index contributed by atoms with van der Waals surface area (Å²) in [6.07, 6.45) is 72.7. The Labute approximate surface area is 435 Å². The van der Waals surface area contributed by atoms with Gasteiger partial charge in [0.1, 0.15) is 13.2 Å². The molecule has 1 atom stereocenters. The Kier molecular flexibility index (Phi) is 56.7. The predicted molar refractivity (Wildman–Crippen MR) is 302 cm³/mol. The zero-order valence-electron chi connectivity index (χ0n) is 46.8. The Morgan fingerprint density at radius 2 is 0.557 bits per heavy atom. The Morgan fingerprint density at radius 3 is 0.871 bits per heavy atom. The highest BCUT2D eigenvalue weighted by atomic mass is 16.6. The van der Waals surface area contributed by atoms with E-state index in [0.29, 0.717) is 19.3 Å². The van der Waals surface area contributed by atoms with Crippen molar-refractivity contribution in [3.8, 4) is 0 Å². The third-order valence-corrected chi connectivity index (χ3v) is 13.6. The number of esters is 3. The summed E-state index contributed by atoms with van der Waals surface area (Å²) in [6.45, 7) is 6.55. The van der Waals surface area contributed by atoms with Crippen molar-refractivity contribution in [2.24, 2.45) is 0 Å². The van der Waals surface area contributed by atoms with Crippen LogP contribution in [-0.2, 0) is 28.6 Å². The number of rotatable bonds is 56. The molecule has 70 heavy (non-hydrogen) atoms. The van der Waals surface area contributed by atoms with Crippen LogP contribution in [0.1, 0.15) is 323 Å². The van der Waals surface area contributed by atoms with Gasteiger partial charge in [-0.05, 0) is 57.8 Å². The maximum atomic E-state index is 12.9. The van der Waals surface area contributed by atoms with E-state index in [1.54, 1.807) is 0 Å². The molecule has 1 unspecified atom stereocenters. The molecule has 0 saturated heterocycles. The number of unbranched alkanes of at least 4 members (excludes halogenated alkanes) is 37. The Bertz CT molecular complexity index is 1220. The van der Waals surface area contributed by atoms with Gasteiger partial charge in [0.25, 0.3) is 0 Å². The van der Waals surface area contributed by atoms with Crippen molar-refractivity contribution < 1.29 is 28.6 Å². The summed E-state index contributed by atoms with van der Waals surface area (Å²) in [7, 11) is 0. The summed E-state index contributed by atoms with van der Waals surface area (Å²) in [5, 5.41) is 0. The highest BCUT2D eigenvalue weighted by molar-refractivity contribution is 5.71. The molecule has 0 rings (SSSR count). The van der Waals surface area contributed by atoms with Gasteiger partial charge in [0, 0.05) is 19.3 Å². The summed E-state index contributed by atoms with van der Waals surface area (Å²) >= 11 is 0. The van der Waals surface area contributed by atoms with Crippen molar-refractivity contribution in [2.75, 3.05) is 13.2 Å². The van der Waals surface area contributed by atoms with Crippen molar-refractivity contribution in [3.05, 3.63) is 48.6 Å². The molecular weight excluding hydrogens is 865 g/mol. The van der Waals surface area contributed by atoms with Crippen LogP contribution in [0.4, 0.5) is 0 Å². The lowest BCUT2D eigenvalue weighted by atomic mass is 10.0. The van der Waals surface area contributed by atoms with Gasteiger partial charge in [-0.15, -0.1) is 0 Å². The van der Waals surface area contributed by atoms with Crippen LogP contribution in [0, 0.1) is 0 Å². The fraction of sp³-hybridized carbons (Fsp3) is 0.828. The van der Waals surface area contributed by atoms with Gasteiger partial charge < -0.3 is 14.2 Å². The van der Waals surface area contributed by atoms with E-state index < -0.39 is 6.10 Å². The first-order valence-electron chi connectivity index (χ1n) is 30.6. The van der Waals surface area contributed by atoms with E-state index in [1.807, 2.05) is 0 Å². The second kappa shape index (κ2) is 58.9. The minimum absolute atomic E-state index is 0.0719. The van der Waals surface area contributed by atoms with Crippen LogP contribution < -0.4 is 0 Å². The van der Waals surface area contributed by atoms with E-state index in [9.17, 15) is 14.4 Å². The molecule has 0 aromatic carbocycles. The predicted octanol–water partition coefficient (Wildman–Crippen LogP) is 20.6. The normalized spacial score (nSPS) is 12.3. The van der Waals surface area contributed by atoms with Gasteiger partial charge in [-0.2, -0.15) is 0 Å². The van der Waals surface area contributed by atoms with Crippen molar-refractivity contribution in [1.29, 1.82) is 0 Å². The molecular formula is C64H116O6. The van der Waals surface area contributed by atoms with Crippen molar-refractivity contribution in [2.45, 2.75) is 329 Å². The zero-order valence-corrected chi connectivity index (χ0v) is 46.8. The molecule has 0 radical (unpaired) electrons. The zero-order chi connectivity index (χ0) is 50.7. The van der Waals surface area contributed by atoms with Gasteiger partial charge in [0.05, 0.1) is 0 Å². The maximum Gasteiger partial charge on any atom is 0.306 e. The molecule has 0 fully saturated rings. The number of allylic oxidation sites excluding steroid dienone is 8. The molecule has 0 aliphatic heterocycles. The molecule has 0 spiro atoms. The van der Waals surface area contributed by atoms with E-state index in [2.05, 4.69) is 69.4 Å². The largest absolute Gasteiger partial charge is 0.462 e. The second-order valence-electron chi connectivity index (χ2n) is 20.6. The standard InChI is InChI=1S/C64H116O6/c1-4-7-10-13-16-19-21-23-25-27-29-31-33-34-36-38-40-42-45-48-51-54-57-63(66)69-60-61(59-68-62(65)56-53-50-47-44-18-15-12-9-6-3)70-64(67)58-55-52-49-46-43-41-39-37-35-32-30-28-26-24-22-20-17-14-11-8-5-2/h8,11,17,20,24,26,30,32,61H,4-7,9-10,12-16,18-19,21-23,25,27-29,31,33-60H2,1-3H3/b11-8-,20-17-,26-24-,32-30-. The first-order chi connectivity index (χ1) is 34.5. The fourth-order valence-electron chi connectivity index (χ4n) is 9.02. The van der Waals surface area contributed by atoms with Crippen LogP contribution in [0.3, 0.4) is 0 Å². The molecule has 0 aromatic heterocycles. The highest BCUT2D eigenvalue weighted by Crippen LogP contribution is 2.17. The van der Waals surface area contributed by atoms with E-state index in [1.165, 1.54) is 193 Å². The Balaban J connectivity index is 4.21. The van der Waals surface area contributed by atoms with Crippen LogP contribution in [0.2, 0.25) is 0 Å². The van der Waals surface area contributed by atoms with Crippen molar-refractivity contribution in [1.82, 2.24) is 0 Å². The van der Waals surface area contributed by atoms with E-state index >= 15 is 0 Å². The van der Waals surface area contributed by atoms with Crippen molar-refractivity contribution >= 4 is 17.9 Å². The number of carbonyl (C=O) groups is 3. The minimum Gasteiger partial charge on any atom is -0.462 e. The smallest absolute Gasteiger partial charge is 0.306 e. The third kappa shape index (κ3) is 56.3. The topological polar surface area (TPSA) is 78.9 Å². The van der Waals surface area contributed by atoms with Gasteiger partial charge in [-0.3, -0.25) is 14.4 Å². The SMILES string of the molecule is CC/C=C\C/C=C\C/C=C\C/C=C\CCCCCCCCCCC(=O)OC(COC(=O)CCCCCCCCCCC)COC(=O)CCCCCCCCCCCCCCCCCCCCCCCC. The molecule has 0 aromatic rings. The minimum atomic E-state index is -0.773. The molecule has 6 heteroatoms. The van der Waals surface area contributed by atoms with Crippen LogP contribution >= 0.6 is 0 Å². The summed E-state index contributed by atoms with van der Waals surface area (Å²) < 4.78 is 16.9. The van der Waals surface area contributed by atoms with Gasteiger partial charge in [0.2, 0.25) is 0 Å². The number of ether oxygens (including phenoxy) is 3. The molecule has 0 heterocycles. The van der Waals surface area contributed by atoms with Gasteiger partial charge in [0.15, 0.2) is 6.10 Å². The molecule has 408 valence electrons. The van der Waals surface area contributed by atoms with E-state index in [0.717, 1.165) is 89.9 Å². The molecule has 0 aliphatic rings. The first kappa shape index (κ1) is 67.4. The molecule has 0 N–H and O–H groups in total. The molecule has 0 amide bonds. The van der Waals surface area contributed by atoms with Crippen LogP contribution in [0.15, 0.2) is 48.6 Å². The number of hydrogen-bond acceptors (Lipinski definition) is 6. The molecule has 6 nitrogen and oxygen atoms in total. The highest BCUT2D eigenvalue weighted by Gasteiger charge is 2.19. The lowest BCUT2D eigenvalue weighted by Crippen LogP contribution is -2.30. The monoisotopic (exact) mass is 981 g/mol. The summed E-state index contributed by atoms with van der Waals surface area (Å²) in [5.74, 6) is -0.865. The fourth-order valence-corrected chi connectivity index (χ4v) is 9.02. The van der Waals surface area contributed by atoms with Gasteiger partial charge in [-0.1, -0.05) is 294 Å². The molecule has 0 saturated carbocycles. The van der Waals surface area contributed by atoms with E-state index in [-0.39, 0.29) is 31.1 Å². The molecule has 0 bridgehead atoms. The Hall–Kier alpha value is -2.63. The molecule has 0 aliphatic carbocycles. The van der Waals surface area contributed by atoms with Crippen LogP contribution in [-0.4, -0.2) is 37.2 Å². The third-order valence-electron chi connectivity index (χ3n) is 13.6. The summed E-state index contributed by atoms with van der Waals surface area (Å²) in [5.41, 5.74) is 0. The number of carbonyl (C=O) groups excluding carboxylic acids is 3. The van der Waals surface area contributed by atoms with E-state index in [4.69, 9.17) is 14.2 Å². The van der Waals surface area contributed by atoms with Crippen molar-refractivity contribution in [3.63, 3.8) is 0 Å². The summed E-state index contributed by atoms with van der Waals surface area (Å²) in [4.78, 5) is 38.1. The van der Waals surface area contributed by atoms with Crippen LogP contribution in [0.5, 0.6) is 0 Å². The lowest BCUT2D eigenvalue weighted by Gasteiger charge is -2.18.